The van der Waals surface area contributed by atoms with E-state index in [0.717, 1.165) is 43.8 Å². The molecule has 1 aromatic carbocycles. The van der Waals surface area contributed by atoms with E-state index in [4.69, 9.17) is 4.98 Å². The fourth-order valence-electron chi connectivity index (χ4n) is 4.61. The van der Waals surface area contributed by atoms with Gasteiger partial charge in [-0.15, -0.1) is 0 Å². The van der Waals surface area contributed by atoms with Gasteiger partial charge in [0.15, 0.2) is 0 Å². The van der Waals surface area contributed by atoms with Crippen molar-refractivity contribution >= 4 is 16.7 Å². The van der Waals surface area contributed by atoms with Gasteiger partial charge in [0.2, 0.25) is 0 Å². The molecule has 0 bridgehead atoms. The van der Waals surface area contributed by atoms with Gasteiger partial charge in [-0.3, -0.25) is 9.78 Å². The van der Waals surface area contributed by atoms with Crippen LogP contribution in [0.15, 0.2) is 65.8 Å². The van der Waals surface area contributed by atoms with E-state index < -0.39 is 0 Å². The number of anilines is 1. The fourth-order valence-corrected chi connectivity index (χ4v) is 4.61. The number of imidazole rings is 1. The van der Waals surface area contributed by atoms with Gasteiger partial charge in [-0.25, -0.2) is 4.98 Å². The lowest BCUT2D eigenvalue weighted by Crippen LogP contribution is -2.23. The minimum atomic E-state index is 0.0221. The van der Waals surface area contributed by atoms with Gasteiger partial charge >= 0.3 is 0 Å². The van der Waals surface area contributed by atoms with E-state index in [-0.39, 0.29) is 5.56 Å². The molecule has 0 radical (unpaired) electrons. The number of aryl methyl sites for hydroxylation is 3. The molecule has 7 heteroatoms. The lowest BCUT2D eigenvalue weighted by Gasteiger charge is -2.24. The second kappa shape index (κ2) is 9.58. The molecule has 0 spiro atoms. The van der Waals surface area contributed by atoms with Gasteiger partial charge in [0.1, 0.15) is 5.82 Å². The van der Waals surface area contributed by atoms with Crippen molar-refractivity contribution in [2.24, 2.45) is 0 Å². The van der Waals surface area contributed by atoms with Crippen LogP contribution in [0.5, 0.6) is 0 Å². The molecule has 4 aromatic rings. The Labute approximate surface area is 193 Å². The molecular formula is C26H30N6O. The van der Waals surface area contributed by atoms with Crippen LogP contribution in [0.1, 0.15) is 30.3 Å². The zero-order valence-electron chi connectivity index (χ0n) is 19.0. The lowest BCUT2D eigenvalue weighted by molar-refractivity contribution is 0.568. The van der Waals surface area contributed by atoms with E-state index in [9.17, 15) is 4.79 Å². The third kappa shape index (κ3) is 4.68. The summed E-state index contributed by atoms with van der Waals surface area (Å²) in [7, 11) is 0. The van der Waals surface area contributed by atoms with Crippen LogP contribution in [-0.2, 0) is 32.5 Å². The van der Waals surface area contributed by atoms with Crippen molar-refractivity contribution in [2.45, 2.75) is 51.9 Å². The number of nitrogens with zero attached hydrogens (tertiary/aromatic N) is 4. The minimum Gasteiger partial charge on any atom is -0.382 e. The number of rotatable bonds is 8. The Morgan fingerprint density at radius 2 is 2.09 bits per heavy atom. The topological polar surface area (TPSA) is 76.8 Å². The van der Waals surface area contributed by atoms with Gasteiger partial charge in [0.05, 0.1) is 11.0 Å². The SMILES string of the molecule is C[C@H]1CCc2c(ccc3c2nc(CCn2ccccc2=O)n3CCNCc2cccnc2)N1. The van der Waals surface area contributed by atoms with Crippen molar-refractivity contribution in [2.75, 3.05) is 11.9 Å². The Balaban J connectivity index is 1.40. The van der Waals surface area contributed by atoms with Crippen LogP contribution >= 0.6 is 0 Å². The van der Waals surface area contributed by atoms with Crippen molar-refractivity contribution in [3.8, 4) is 0 Å². The van der Waals surface area contributed by atoms with E-state index in [2.05, 4.69) is 45.3 Å². The van der Waals surface area contributed by atoms with Crippen LogP contribution < -0.4 is 16.2 Å². The third-order valence-electron chi connectivity index (χ3n) is 6.37. The summed E-state index contributed by atoms with van der Waals surface area (Å²) >= 11 is 0. The average Bonchev–Trinajstić information content (AvgIpc) is 3.19. The van der Waals surface area contributed by atoms with E-state index in [1.165, 1.54) is 22.3 Å². The van der Waals surface area contributed by atoms with E-state index in [1.807, 2.05) is 24.5 Å². The van der Waals surface area contributed by atoms with Crippen LogP contribution in [0.2, 0.25) is 0 Å². The van der Waals surface area contributed by atoms with Crippen molar-refractivity contribution in [3.63, 3.8) is 0 Å². The Morgan fingerprint density at radius 3 is 2.94 bits per heavy atom. The molecule has 0 saturated heterocycles. The largest absolute Gasteiger partial charge is 0.382 e. The van der Waals surface area contributed by atoms with Crippen LogP contribution in [0.25, 0.3) is 11.0 Å². The second-order valence-electron chi connectivity index (χ2n) is 8.74. The average molecular weight is 443 g/mol. The molecule has 2 N–H and O–H groups in total. The van der Waals surface area contributed by atoms with Crippen LogP contribution in [-0.4, -0.2) is 31.7 Å². The van der Waals surface area contributed by atoms with E-state index in [0.29, 0.717) is 19.0 Å². The molecule has 0 amide bonds. The van der Waals surface area contributed by atoms with Gasteiger partial charge in [-0.1, -0.05) is 12.1 Å². The van der Waals surface area contributed by atoms with Crippen molar-refractivity contribution in [3.05, 3.63) is 88.4 Å². The molecule has 0 fully saturated rings. The molecule has 5 rings (SSSR count). The maximum Gasteiger partial charge on any atom is 0.250 e. The maximum absolute atomic E-state index is 12.2. The normalized spacial score (nSPS) is 15.4. The zero-order chi connectivity index (χ0) is 22.6. The predicted octanol–water partition coefficient (Wildman–Crippen LogP) is 3.37. The van der Waals surface area contributed by atoms with Gasteiger partial charge in [-0.2, -0.15) is 0 Å². The first-order valence-corrected chi connectivity index (χ1v) is 11.7. The number of benzene rings is 1. The smallest absolute Gasteiger partial charge is 0.250 e. The first-order valence-electron chi connectivity index (χ1n) is 11.7. The first-order chi connectivity index (χ1) is 16.2. The molecule has 0 unspecified atom stereocenters. The Bertz CT molecular complexity index is 1290. The Morgan fingerprint density at radius 1 is 1.15 bits per heavy atom. The van der Waals surface area contributed by atoms with Crippen LogP contribution in [0.3, 0.4) is 0 Å². The number of nitrogens with one attached hydrogen (secondary N) is 2. The van der Waals surface area contributed by atoms with Crippen molar-refractivity contribution in [1.82, 2.24) is 24.4 Å². The quantitative estimate of drug-likeness (QED) is 0.409. The second-order valence-corrected chi connectivity index (χ2v) is 8.74. The number of fused-ring (bicyclic) bond motifs is 3. The molecule has 3 aromatic heterocycles. The summed E-state index contributed by atoms with van der Waals surface area (Å²) in [4.78, 5) is 21.5. The lowest BCUT2D eigenvalue weighted by atomic mass is 9.98. The molecule has 33 heavy (non-hydrogen) atoms. The highest BCUT2D eigenvalue weighted by Crippen LogP contribution is 2.32. The predicted molar refractivity (Wildman–Crippen MR) is 131 cm³/mol. The van der Waals surface area contributed by atoms with E-state index >= 15 is 0 Å². The Hall–Kier alpha value is -3.45. The summed E-state index contributed by atoms with van der Waals surface area (Å²) in [5.74, 6) is 1.02. The van der Waals surface area contributed by atoms with Gasteiger partial charge in [0.25, 0.3) is 5.56 Å². The van der Waals surface area contributed by atoms with Gasteiger partial charge < -0.3 is 19.8 Å². The number of aromatic nitrogens is 4. The molecule has 7 nitrogen and oxygen atoms in total. The van der Waals surface area contributed by atoms with E-state index in [1.54, 1.807) is 22.9 Å². The molecule has 0 saturated carbocycles. The first kappa shape index (κ1) is 21.4. The van der Waals surface area contributed by atoms with Crippen molar-refractivity contribution in [1.29, 1.82) is 0 Å². The molecule has 0 aliphatic carbocycles. The summed E-state index contributed by atoms with van der Waals surface area (Å²) in [5.41, 5.74) is 5.97. The minimum absolute atomic E-state index is 0.0221. The number of hydrogen-bond donors (Lipinski definition) is 2. The van der Waals surface area contributed by atoms with Gasteiger partial charge in [-0.05, 0) is 49.6 Å². The monoisotopic (exact) mass is 442 g/mol. The molecular weight excluding hydrogens is 412 g/mol. The summed E-state index contributed by atoms with van der Waals surface area (Å²) in [5, 5.41) is 7.13. The van der Waals surface area contributed by atoms with Crippen molar-refractivity contribution < 1.29 is 0 Å². The number of pyridine rings is 2. The Kier molecular flexibility index (Phi) is 6.21. The third-order valence-corrected chi connectivity index (χ3v) is 6.37. The zero-order valence-corrected chi connectivity index (χ0v) is 19.0. The summed E-state index contributed by atoms with van der Waals surface area (Å²) < 4.78 is 4.07. The fraction of sp³-hybridized carbons (Fsp3) is 0.346. The molecule has 4 heterocycles. The highest BCUT2D eigenvalue weighted by molar-refractivity contribution is 5.86. The molecule has 1 aliphatic heterocycles. The molecule has 170 valence electrons. The highest BCUT2D eigenvalue weighted by Gasteiger charge is 2.21. The summed E-state index contributed by atoms with van der Waals surface area (Å²) in [6.07, 6.45) is 8.39. The number of hydrogen-bond acceptors (Lipinski definition) is 5. The van der Waals surface area contributed by atoms with Gasteiger partial charge in [0, 0.05) is 74.5 Å². The summed E-state index contributed by atoms with van der Waals surface area (Å²) in [6, 6.07) is 14.2. The molecule has 1 atom stereocenters. The van der Waals surface area contributed by atoms with Crippen LogP contribution in [0, 0.1) is 0 Å². The highest BCUT2D eigenvalue weighted by atomic mass is 16.1. The molecule has 1 aliphatic rings. The standard InChI is InChI=1S/C26H30N6O/c1-19-7-8-21-22(29-19)9-10-23-26(21)30-24(11-15-31-14-3-2-6-25(31)33)32(23)16-13-28-18-20-5-4-12-27-17-20/h2-6,9-10,12,14,17,19,28-29H,7-8,11,13,15-16,18H2,1H3/t19-/m0/s1. The maximum atomic E-state index is 12.2. The van der Waals surface area contributed by atoms with Crippen LogP contribution in [0.4, 0.5) is 5.69 Å². The summed E-state index contributed by atoms with van der Waals surface area (Å²) in [6.45, 7) is 5.27.